The molecule has 0 aromatic carbocycles. The van der Waals surface area contributed by atoms with Crippen molar-refractivity contribution in [2.45, 2.75) is 0 Å². The van der Waals surface area contributed by atoms with Gasteiger partial charge in [-0.15, -0.1) is 22.7 Å². The van der Waals surface area contributed by atoms with Crippen LogP contribution >= 0.6 is 38.6 Å². The van der Waals surface area contributed by atoms with Gasteiger partial charge in [0.25, 0.3) is 0 Å². The zero-order chi connectivity index (χ0) is 9.26. The lowest BCUT2D eigenvalue weighted by Crippen LogP contribution is -1.76. The molecule has 0 bridgehead atoms. The minimum absolute atomic E-state index is 0.504. The molecule has 2 rings (SSSR count). The van der Waals surface area contributed by atoms with E-state index in [-0.39, 0.29) is 0 Å². The Hall–Kier alpha value is -0.520. The first-order chi connectivity index (χ1) is 6.29. The van der Waals surface area contributed by atoms with Gasteiger partial charge in [0, 0.05) is 15.2 Å². The summed E-state index contributed by atoms with van der Waals surface area (Å²) in [6, 6.07) is 2.00. The number of thiophene rings is 1. The lowest BCUT2D eigenvalue weighted by Gasteiger charge is -1.84. The van der Waals surface area contributed by atoms with Crippen molar-refractivity contribution in [2.24, 2.45) is 0 Å². The average Bonchev–Trinajstić information content (AvgIpc) is 2.71. The number of carbonyl (C=O) groups is 1. The third-order valence-electron chi connectivity index (χ3n) is 1.42. The van der Waals surface area contributed by atoms with Crippen molar-refractivity contribution in [3.8, 4) is 9.88 Å². The predicted molar refractivity (Wildman–Crippen MR) is 58.5 cm³/mol. The second kappa shape index (κ2) is 3.69. The van der Waals surface area contributed by atoms with Gasteiger partial charge in [0.1, 0.15) is 10.7 Å². The van der Waals surface area contributed by atoms with E-state index in [1.54, 1.807) is 16.7 Å². The monoisotopic (exact) mass is 273 g/mol. The molecule has 66 valence electrons. The van der Waals surface area contributed by atoms with Gasteiger partial charge in [-0.25, -0.2) is 4.98 Å². The van der Waals surface area contributed by atoms with Crippen LogP contribution in [0.3, 0.4) is 0 Å². The topological polar surface area (TPSA) is 30.0 Å². The van der Waals surface area contributed by atoms with Gasteiger partial charge in [0.05, 0.1) is 4.88 Å². The highest BCUT2D eigenvalue weighted by molar-refractivity contribution is 9.10. The first-order valence-corrected chi connectivity index (χ1v) is 6.00. The van der Waals surface area contributed by atoms with Crippen molar-refractivity contribution >= 4 is 44.9 Å². The van der Waals surface area contributed by atoms with E-state index in [1.807, 2.05) is 11.4 Å². The van der Waals surface area contributed by atoms with Gasteiger partial charge in [0.2, 0.25) is 0 Å². The fraction of sp³-hybridized carbons (Fsp3) is 0. The fourth-order valence-electron chi connectivity index (χ4n) is 0.879. The number of nitrogens with zero attached hydrogens (tertiary/aromatic N) is 1. The maximum Gasteiger partial charge on any atom is 0.169 e. The van der Waals surface area contributed by atoms with Gasteiger partial charge in [-0.1, -0.05) is 0 Å². The summed E-state index contributed by atoms with van der Waals surface area (Å²) in [6.45, 7) is 0. The molecule has 5 heteroatoms. The van der Waals surface area contributed by atoms with E-state index < -0.39 is 0 Å². The molecule has 2 heterocycles. The molecule has 0 fully saturated rings. The number of aldehydes is 1. The van der Waals surface area contributed by atoms with Crippen LogP contribution in [0.15, 0.2) is 21.3 Å². The second-order valence-electron chi connectivity index (χ2n) is 2.32. The van der Waals surface area contributed by atoms with Gasteiger partial charge in [-0.3, -0.25) is 4.79 Å². The normalized spacial score (nSPS) is 10.2. The zero-order valence-electron chi connectivity index (χ0n) is 6.36. The fourth-order valence-corrected chi connectivity index (χ4v) is 3.15. The number of hydrogen-bond donors (Lipinski definition) is 0. The number of aromatic nitrogens is 1. The van der Waals surface area contributed by atoms with Crippen LogP contribution in [0.4, 0.5) is 0 Å². The van der Waals surface area contributed by atoms with E-state index >= 15 is 0 Å². The molecule has 0 N–H and O–H groups in total. The smallest absolute Gasteiger partial charge is 0.169 e. The van der Waals surface area contributed by atoms with E-state index in [0.717, 1.165) is 20.6 Å². The molecule has 2 aromatic heterocycles. The first kappa shape index (κ1) is 9.05. The summed E-state index contributed by atoms with van der Waals surface area (Å²) in [5, 5.41) is 4.66. The molecule has 0 spiro atoms. The maximum absolute atomic E-state index is 10.4. The van der Waals surface area contributed by atoms with Crippen LogP contribution in [-0.2, 0) is 0 Å². The third-order valence-corrected chi connectivity index (χ3v) is 4.14. The highest BCUT2D eigenvalue weighted by Gasteiger charge is 2.05. The third kappa shape index (κ3) is 1.87. The maximum atomic E-state index is 10.4. The molecule has 2 nitrogen and oxygen atoms in total. The Morgan fingerprint density at radius 1 is 1.38 bits per heavy atom. The van der Waals surface area contributed by atoms with E-state index in [4.69, 9.17) is 0 Å². The van der Waals surface area contributed by atoms with Gasteiger partial charge in [-0.05, 0) is 22.0 Å². The first-order valence-electron chi connectivity index (χ1n) is 3.44. The summed E-state index contributed by atoms with van der Waals surface area (Å²) in [4.78, 5) is 15.6. The molecule has 0 unspecified atom stereocenters. The van der Waals surface area contributed by atoms with Crippen molar-refractivity contribution in [2.75, 3.05) is 0 Å². The number of rotatable bonds is 2. The molecule has 0 saturated heterocycles. The van der Waals surface area contributed by atoms with E-state index in [2.05, 4.69) is 20.9 Å². The van der Waals surface area contributed by atoms with Crippen LogP contribution < -0.4 is 0 Å². The van der Waals surface area contributed by atoms with E-state index in [0.29, 0.717) is 5.69 Å². The molecule has 0 aliphatic carbocycles. The highest BCUT2D eigenvalue weighted by atomic mass is 79.9. The average molecular weight is 274 g/mol. The Labute approximate surface area is 91.4 Å². The molecular formula is C8H4BrNOS2. The molecule has 0 aliphatic rings. The molecular weight excluding hydrogens is 270 g/mol. The zero-order valence-corrected chi connectivity index (χ0v) is 9.58. The van der Waals surface area contributed by atoms with Crippen LogP contribution in [0.1, 0.15) is 10.5 Å². The summed E-state index contributed by atoms with van der Waals surface area (Å²) in [5.74, 6) is 0. The molecule has 0 atom stereocenters. The Balaban J connectivity index is 2.40. The van der Waals surface area contributed by atoms with Gasteiger partial charge >= 0.3 is 0 Å². The lowest BCUT2D eigenvalue weighted by molar-refractivity contribution is 0.111. The van der Waals surface area contributed by atoms with Crippen LogP contribution in [0.25, 0.3) is 9.88 Å². The van der Waals surface area contributed by atoms with Crippen LogP contribution in [-0.4, -0.2) is 11.3 Å². The van der Waals surface area contributed by atoms with Gasteiger partial charge in [-0.2, -0.15) is 0 Å². The Kier molecular flexibility index (Phi) is 2.57. The Bertz CT molecular complexity index is 435. The number of thiazole rings is 1. The minimum atomic E-state index is 0.504. The highest BCUT2D eigenvalue weighted by Crippen LogP contribution is 2.31. The second-order valence-corrected chi connectivity index (χ2v) is 5.01. The Morgan fingerprint density at radius 3 is 2.77 bits per heavy atom. The van der Waals surface area contributed by atoms with Crippen LogP contribution in [0, 0.1) is 0 Å². The van der Waals surface area contributed by atoms with Crippen LogP contribution in [0.2, 0.25) is 0 Å². The summed E-state index contributed by atoms with van der Waals surface area (Å²) < 4.78 is 1.05. The van der Waals surface area contributed by atoms with Crippen molar-refractivity contribution in [3.05, 3.63) is 27.0 Å². The van der Waals surface area contributed by atoms with Crippen LogP contribution in [0.5, 0.6) is 0 Å². The molecule has 0 aliphatic heterocycles. The lowest BCUT2D eigenvalue weighted by atomic mass is 10.5. The van der Waals surface area contributed by atoms with E-state index in [9.17, 15) is 4.79 Å². The molecule has 0 saturated carbocycles. The van der Waals surface area contributed by atoms with Crippen molar-refractivity contribution in [3.63, 3.8) is 0 Å². The number of halogens is 1. The van der Waals surface area contributed by atoms with Gasteiger partial charge < -0.3 is 0 Å². The standard InChI is InChI=1S/C8H4BrNOS2/c9-5-1-7(12-3-5)8-10-6(2-11)4-13-8/h1-4H. The SMILES string of the molecule is O=Cc1csc(-c2cc(Br)cs2)n1. The summed E-state index contributed by atoms with van der Waals surface area (Å²) >= 11 is 6.47. The summed E-state index contributed by atoms with van der Waals surface area (Å²) in [6.07, 6.45) is 0.767. The largest absolute Gasteiger partial charge is 0.296 e. The summed E-state index contributed by atoms with van der Waals surface area (Å²) in [7, 11) is 0. The van der Waals surface area contributed by atoms with Crippen molar-refractivity contribution in [1.82, 2.24) is 4.98 Å². The summed E-state index contributed by atoms with van der Waals surface area (Å²) in [5.41, 5.74) is 0.504. The molecule has 13 heavy (non-hydrogen) atoms. The van der Waals surface area contributed by atoms with Crippen molar-refractivity contribution < 1.29 is 4.79 Å². The van der Waals surface area contributed by atoms with E-state index in [1.165, 1.54) is 11.3 Å². The molecule has 2 aromatic rings. The quantitative estimate of drug-likeness (QED) is 0.785. The number of hydrogen-bond acceptors (Lipinski definition) is 4. The predicted octanol–water partition coefficient (Wildman–Crippen LogP) is 3.45. The Morgan fingerprint density at radius 2 is 2.23 bits per heavy atom. The molecule has 0 amide bonds. The number of carbonyl (C=O) groups excluding carboxylic acids is 1. The minimum Gasteiger partial charge on any atom is -0.296 e. The molecule has 0 radical (unpaired) electrons. The van der Waals surface area contributed by atoms with Crippen molar-refractivity contribution in [1.29, 1.82) is 0 Å². The van der Waals surface area contributed by atoms with Gasteiger partial charge in [0.15, 0.2) is 6.29 Å².